The van der Waals surface area contributed by atoms with Crippen LogP contribution >= 0.6 is 36.1 Å². The molecule has 0 amide bonds. The topological polar surface area (TPSA) is 79.9 Å². The Bertz CT molecular complexity index is 499. The molecule has 10 heteroatoms. The smallest absolute Gasteiger partial charge is 0.845 e. The molecule has 0 fully saturated rings. The average Bonchev–Trinajstić information content (AvgIpc) is 2.24. The summed E-state index contributed by atoms with van der Waals surface area (Å²) in [7, 11) is 0. The predicted octanol–water partition coefficient (Wildman–Crippen LogP) is -4.01. The second-order valence-corrected chi connectivity index (χ2v) is 2.55. The summed E-state index contributed by atoms with van der Waals surface area (Å²) < 4.78 is 6.34. The number of hydrogen-bond donors (Lipinski definition) is 1. The van der Waals surface area contributed by atoms with E-state index < -0.39 is 17.4 Å². The molecule has 15 heavy (non-hydrogen) atoms. The van der Waals surface area contributed by atoms with Crippen LogP contribution in [0.2, 0.25) is 0 Å². The summed E-state index contributed by atoms with van der Waals surface area (Å²) in [6.45, 7) is 0. The van der Waals surface area contributed by atoms with Gasteiger partial charge >= 0.3 is 40.9 Å². The molecule has 0 aliphatic heterocycles. The maximum Gasteiger partial charge on any atom is 1.00 e. The van der Waals surface area contributed by atoms with Crippen molar-refractivity contribution in [1.29, 1.82) is 1.12 Å². The summed E-state index contributed by atoms with van der Waals surface area (Å²) in [5.74, 6) is 0. The molecule has 0 radical (unpaired) electrons. The maximum absolute atomic E-state index is 10.6. The summed E-state index contributed by atoms with van der Waals surface area (Å²) >= 11 is 10.7. The van der Waals surface area contributed by atoms with Crippen molar-refractivity contribution >= 4 is 36.1 Å². The third-order valence-corrected chi connectivity index (χ3v) is 1.44. The van der Waals surface area contributed by atoms with E-state index in [4.69, 9.17) is 24.7 Å². The Hall–Kier alpha value is -0.100. The van der Waals surface area contributed by atoms with Gasteiger partial charge in [0.05, 0.1) is 6.01 Å². The quantitative estimate of drug-likeness (QED) is 0.298. The van der Waals surface area contributed by atoms with E-state index in [-0.39, 0.29) is 37.7 Å². The van der Waals surface area contributed by atoms with E-state index in [2.05, 4.69) is 11.4 Å². The van der Waals surface area contributed by atoms with E-state index in [0.717, 1.165) is 0 Å². The Morgan fingerprint density at radius 3 is 2.40 bits per heavy atom. The number of halogens is 2. The Kier molecular flexibility index (Phi) is 8.04. The molecule has 0 aliphatic rings. The molecule has 0 spiro atoms. The molecule has 0 unspecified atom stereocenters. The van der Waals surface area contributed by atoms with E-state index in [0.29, 0.717) is 12.5 Å². The van der Waals surface area contributed by atoms with Gasteiger partial charge < -0.3 is 5.11 Å². The van der Waals surface area contributed by atoms with Crippen molar-refractivity contribution < 1.29 is 34.7 Å². The van der Waals surface area contributed by atoms with Crippen LogP contribution in [0.5, 0.6) is 6.01 Å². The summed E-state index contributed by atoms with van der Waals surface area (Å²) in [6.07, 6.45) is 4.55. The third kappa shape index (κ3) is 4.97. The van der Waals surface area contributed by atoms with Gasteiger partial charge in [-0.25, -0.2) is 9.59 Å². The predicted molar refractivity (Wildman–Crippen MR) is 52.5 cm³/mol. The Morgan fingerprint density at radius 2 is 2.00 bits per heavy atom. The van der Waals surface area contributed by atoms with Gasteiger partial charge in [0.2, 0.25) is 0 Å². The van der Waals surface area contributed by atoms with Crippen LogP contribution in [0, 0.1) is 11.7 Å². The minimum atomic E-state index is -1.14. The fraction of sp³-hybridized carbons (Fsp3) is 0. The van der Waals surface area contributed by atoms with E-state index in [1.165, 1.54) is 0 Å². The molecule has 0 aromatic carbocycles. The van der Waals surface area contributed by atoms with Gasteiger partial charge in [-0.3, -0.25) is 0 Å². The van der Waals surface area contributed by atoms with Gasteiger partial charge in [0.15, 0.2) is 0 Å². The van der Waals surface area contributed by atoms with Crippen LogP contribution in [0.15, 0.2) is 9.59 Å². The molecule has 0 N–H and O–H groups in total. The van der Waals surface area contributed by atoms with Gasteiger partial charge in [0, 0.05) is 23.6 Å². The number of aromatic nitrogens is 3. The van der Waals surface area contributed by atoms with Crippen LogP contribution in [0.4, 0.5) is 0 Å². The number of hydrogen-bond acceptors (Lipinski definition) is 5. The van der Waals surface area contributed by atoms with E-state index in [9.17, 15) is 14.7 Å². The van der Waals surface area contributed by atoms with Crippen molar-refractivity contribution in [2.45, 2.75) is 0 Å². The van der Waals surface area contributed by atoms with Crippen LogP contribution < -0.4 is 46.0 Å². The summed E-state index contributed by atoms with van der Waals surface area (Å²) in [5, 5.41) is 12.5. The zero-order chi connectivity index (χ0) is 12.0. The Labute approximate surface area is 123 Å². The van der Waals surface area contributed by atoms with Gasteiger partial charge in [-0.2, -0.15) is 9.07 Å². The van der Waals surface area contributed by atoms with Gasteiger partial charge in [-0.1, -0.05) is 12.5 Å². The van der Waals surface area contributed by atoms with Gasteiger partial charge in [0.1, 0.15) is 1.12 Å². The van der Waals surface area contributed by atoms with Crippen LogP contribution in [0.25, 0.3) is 0 Å². The molecule has 0 saturated heterocycles. The summed E-state index contributed by atoms with van der Waals surface area (Å²) in [6, 6.07) is -1.14. The standard InChI is InChI=1S/C3HCl2N3O3.C2H2S.Na/c4-7-1(9)6-2(10)8(5)3(7)11;1-2-3;/h(H,6,9,10);1,3H;/q;;+1/p-1/i/hD. The van der Waals surface area contributed by atoms with Crippen molar-refractivity contribution in [3.63, 3.8) is 0 Å². The van der Waals surface area contributed by atoms with Crippen LogP contribution in [-0.2, 0) is 0 Å². The summed E-state index contributed by atoms with van der Waals surface area (Å²) in [4.78, 5) is 23.9. The molecule has 0 atom stereocenters. The molecule has 0 aliphatic carbocycles. The first kappa shape index (κ1) is 14.9. The third-order valence-electron chi connectivity index (χ3n) is 0.863. The van der Waals surface area contributed by atoms with Crippen molar-refractivity contribution in [2.24, 2.45) is 0 Å². The Morgan fingerprint density at radius 1 is 1.53 bits per heavy atom. The van der Waals surface area contributed by atoms with Gasteiger partial charge in [-0.15, -0.1) is 10.5 Å². The fourth-order valence-electron chi connectivity index (χ4n) is 0.410. The van der Waals surface area contributed by atoms with E-state index >= 15 is 0 Å². The zero-order valence-electron chi connectivity index (χ0n) is 8.31. The zero-order valence-corrected chi connectivity index (χ0v) is 11.6. The number of thiol groups is 1. The second-order valence-electron chi connectivity index (χ2n) is 1.64. The first-order chi connectivity index (χ1) is 6.95. The Balaban J connectivity index is 0. The first-order valence-corrected chi connectivity index (χ1v) is 3.87. The largest absolute Gasteiger partial charge is 1.00 e. The van der Waals surface area contributed by atoms with Crippen LogP contribution in [0.1, 0.15) is 0 Å². The van der Waals surface area contributed by atoms with Gasteiger partial charge in [0.25, 0.3) is 0 Å². The van der Waals surface area contributed by atoms with E-state index in [1.807, 2.05) is 5.25 Å². The average molecular weight is 279 g/mol. The van der Waals surface area contributed by atoms with Crippen LogP contribution in [0.3, 0.4) is 0 Å². The minimum absolute atomic E-state index is 0. The molecular weight excluding hydrogens is 276 g/mol. The minimum Gasteiger partial charge on any atom is -0.845 e. The monoisotopic (exact) mass is 278 g/mol. The molecular formula is C5H2Cl2N3NaO3S. The molecule has 0 saturated carbocycles. The molecule has 1 aromatic rings. The van der Waals surface area contributed by atoms with Gasteiger partial charge in [-0.05, 0) is 5.25 Å². The molecule has 1 heterocycles. The van der Waals surface area contributed by atoms with Crippen LogP contribution in [-0.4, -0.2) is 14.3 Å². The molecule has 1 rings (SSSR count). The van der Waals surface area contributed by atoms with Crippen molar-refractivity contribution in [3.8, 4) is 17.7 Å². The molecule has 1 aromatic heterocycles. The van der Waals surface area contributed by atoms with E-state index in [1.54, 1.807) is 0 Å². The number of nitrogens with zero attached hydrogens (tertiary/aromatic N) is 3. The van der Waals surface area contributed by atoms with Crippen molar-refractivity contribution in [2.75, 3.05) is 0 Å². The second kappa shape index (κ2) is 8.10. The SMILES string of the molecule is O=c1nc([O-])n(Cl)c(=O)n1Cl.[2H]SC#C.[Na+]. The molecule has 0 bridgehead atoms. The number of terminal acetylenes is 1. The maximum atomic E-state index is 10.6. The number of rotatable bonds is 0. The molecule has 6 nitrogen and oxygen atoms in total. The fourth-order valence-corrected chi connectivity index (χ4v) is 0.676. The van der Waals surface area contributed by atoms with Crippen molar-refractivity contribution in [3.05, 3.63) is 21.0 Å². The normalized spacial score (nSPS) is 8.73. The summed E-state index contributed by atoms with van der Waals surface area (Å²) in [5.41, 5.74) is -2.27. The first-order valence-electron chi connectivity index (χ1n) is 3.19. The molecule has 76 valence electrons. The van der Waals surface area contributed by atoms with Crippen molar-refractivity contribution in [1.82, 2.24) is 13.2 Å².